The summed E-state index contributed by atoms with van der Waals surface area (Å²) in [6.07, 6.45) is 3.21. The molecule has 1 aliphatic heterocycles. The fraction of sp³-hybridized carbons (Fsp3) is 0.500. The third-order valence-electron chi connectivity index (χ3n) is 3.20. The van der Waals surface area contributed by atoms with Crippen LogP contribution < -0.4 is 14.8 Å². The van der Waals surface area contributed by atoms with Crippen LogP contribution in [-0.4, -0.2) is 31.1 Å². The lowest BCUT2D eigenvalue weighted by Crippen LogP contribution is -2.27. The summed E-state index contributed by atoms with van der Waals surface area (Å²) in [5.74, 6) is 2.10. The van der Waals surface area contributed by atoms with E-state index in [4.69, 9.17) is 21.1 Å². The summed E-state index contributed by atoms with van der Waals surface area (Å²) in [5, 5.41) is 3.37. The number of hydrogen-bond donors (Lipinski definition) is 1. The van der Waals surface area contributed by atoms with E-state index in [9.17, 15) is 4.79 Å². The van der Waals surface area contributed by atoms with E-state index in [1.165, 1.54) is 13.5 Å². The Kier molecular flexibility index (Phi) is 5.43. The van der Waals surface area contributed by atoms with Gasteiger partial charge in [-0.3, -0.25) is 4.79 Å². The SMILES string of the molecule is COc1cc(NC(=O)C2CCCCS2)c(OC)cc1Cl. The summed E-state index contributed by atoms with van der Waals surface area (Å²) < 4.78 is 10.4. The predicted octanol–water partition coefficient (Wildman–Crippen LogP) is 3.58. The second-order valence-electron chi connectivity index (χ2n) is 4.53. The van der Waals surface area contributed by atoms with Crippen molar-refractivity contribution in [3.05, 3.63) is 17.2 Å². The Morgan fingerprint density at radius 1 is 1.30 bits per heavy atom. The van der Waals surface area contributed by atoms with Crippen LogP contribution in [0.3, 0.4) is 0 Å². The van der Waals surface area contributed by atoms with Crippen LogP contribution in [0.15, 0.2) is 12.1 Å². The van der Waals surface area contributed by atoms with Crippen molar-refractivity contribution in [1.29, 1.82) is 0 Å². The minimum Gasteiger partial charge on any atom is -0.495 e. The Morgan fingerprint density at radius 3 is 2.65 bits per heavy atom. The van der Waals surface area contributed by atoms with Crippen molar-refractivity contribution in [2.24, 2.45) is 0 Å². The van der Waals surface area contributed by atoms with Gasteiger partial charge in [0.15, 0.2) is 0 Å². The van der Waals surface area contributed by atoms with Gasteiger partial charge in [0.05, 0.1) is 30.2 Å². The smallest absolute Gasteiger partial charge is 0.237 e. The molecule has 4 nitrogen and oxygen atoms in total. The fourth-order valence-corrected chi connectivity index (χ4v) is 3.55. The first-order valence-electron chi connectivity index (χ1n) is 6.49. The van der Waals surface area contributed by atoms with Gasteiger partial charge in [-0.1, -0.05) is 18.0 Å². The Morgan fingerprint density at radius 2 is 2.05 bits per heavy atom. The third kappa shape index (κ3) is 3.52. The third-order valence-corrected chi connectivity index (χ3v) is 4.88. The lowest BCUT2D eigenvalue weighted by atomic mass is 10.1. The number of halogens is 1. The monoisotopic (exact) mass is 315 g/mol. The molecule has 0 aromatic heterocycles. The van der Waals surface area contributed by atoms with Gasteiger partial charge in [0.2, 0.25) is 5.91 Å². The molecule has 0 aliphatic carbocycles. The zero-order valence-corrected chi connectivity index (χ0v) is 13.1. The number of benzene rings is 1. The van der Waals surface area contributed by atoms with Gasteiger partial charge < -0.3 is 14.8 Å². The summed E-state index contributed by atoms with van der Waals surface area (Å²) in [6.45, 7) is 0. The van der Waals surface area contributed by atoms with Crippen LogP contribution in [0, 0.1) is 0 Å². The molecule has 1 fully saturated rings. The molecule has 1 heterocycles. The zero-order chi connectivity index (χ0) is 14.5. The minimum absolute atomic E-state index is 0.00938. The van der Waals surface area contributed by atoms with E-state index < -0.39 is 0 Å². The normalized spacial score (nSPS) is 18.4. The number of methoxy groups -OCH3 is 2. The van der Waals surface area contributed by atoms with Crippen molar-refractivity contribution >= 4 is 35.0 Å². The number of carbonyl (C=O) groups is 1. The predicted molar refractivity (Wildman–Crippen MR) is 83.3 cm³/mol. The highest BCUT2D eigenvalue weighted by Gasteiger charge is 2.23. The first-order valence-corrected chi connectivity index (χ1v) is 7.92. The number of carbonyl (C=O) groups excluding carboxylic acids is 1. The first kappa shape index (κ1) is 15.3. The molecule has 20 heavy (non-hydrogen) atoms. The number of thioether (sulfide) groups is 1. The van der Waals surface area contributed by atoms with E-state index in [0.717, 1.165) is 18.6 Å². The Balaban J connectivity index is 2.16. The van der Waals surface area contributed by atoms with Gasteiger partial charge in [-0.25, -0.2) is 0 Å². The average Bonchev–Trinajstić information content (AvgIpc) is 2.49. The maximum Gasteiger partial charge on any atom is 0.237 e. The van der Waals surface area contributed by atoms with Gasteiger partial charge in [-0.05, 0) is 18.6 Å². The van der Waals surface area contributed by atoms with E-state index in [1.807, 2.05) is 0 Å². The largest absolute Gasteiger partial charge is 0.495 e. The van der Waals surface area contributed by atoms with Crippen molar-refractivity contribution in [3.63, 3.8) is 0 Å². The maximum absolute atomic E-state index is 12.3. The number of nitrogens with one attached hydrogen (secondary N) is 1. The number of amides is 1. The molecule has 0 saturated carbocycles. The average molecular weight is 316 g/mol. The highest BCUT2D eigenvalue weighted by atomic mass is 35.5. The molecule has 0 spiro atoms. The van der Waals surface area contributed by atoms with Crippen LogP contribution in [0.4, 0.5) is 5.69 Å². The van der Waals surface area contributed by atoms with Crippen LogP contribution in [0.2, 0.25) is 5.02 Å². The van der Waals surface area contributed by atoms with Crippen molar-refractivity contribution in [1.82, 2.24) is 0 Å². The molecule has 2 rings (SSSR count). The number of ether oxygens (including phenoxy) is 2. The summed E-state index contributed by atoms with van der Waals surface area (Å²) in [6, 6.07) is 3.33. The molecule has 1 N–H and O–H groups in total. The second-order valence-corrected chi connectivity index (χ2v) is 6.25. The molecule has 1 aliphatic rings. The quantitative estimate of drug-likeness (QED) is 0.922. The van der Waals surface area contributed by atoms with Crippen molar-refractivity contribution in [2.45, 2.75) is 24.5 Å². The number of rotatable bonds is 4. The first-order chi connectivity index (χ1) is 9.65. The van der Waals surface area contributed by atoms with Crippen LogP contribution in [0.1, 0.15) is 19.3 Å². The van der Waals surface area contributed by atoms with Crippen molar-refractivity contribution < 1.29 is 14.3 Å². The van der Waals surface area contributed by atoms with Gasteiger partial charge in [0.25, 0.3) is 0 Å². The summed E-state index contributed by atoms with van der Waals surface area (Å²) in [7, 11) is 3.08. The van der Waals surface area contributed by atoms with E-state index in [1.54, 1.807) is 31.0 Å². The van der Waals surface area contributed by atoms with Gasteiger partial charge in [-0.15, -0.1) is 11.8 Å². The fourth-order valence-electron chi connectivity index (χ4n) is 2.12. The molecule has 0 bridgehead atoms. The Bertz CT molecular complexity index is 490. The molecule has 1 amide bonds. The van der Waals surface area contributed by atoms with Gasteiger partial charge in [0, 0.05) is 12.1 Å². The molecule has 1 atom stereocenters. The lowest BCUT2D eigenvalue weighted by molar-refractivity contribution is -0.115. The van der Waals surface area contributed by atoms with E-state index in [2.05, 4.69) is 5.32 Å². The van der Waals surface area contributed by atoms with Crippen LogP contribution >= 0.6 is 23.4 Å². The molecule has 0 radical (unpaired) electrons. The molecule has 1 aromatic rings. The molecule has 1 saturated heterocycles. The van der Waals surface area contributed by atoms with Crippen molar-refractivity contribution in [3.8, 4) is 11.5 Å². The minimum atomic E-state index is 0.00938. The summed E-state index contributed by atoms with van der Waals surface area (Å²) in [5.41, 5.74) is 0.588. The maximum atomic E-state index is 12.3. The van der Waals surface area contributed by atoms with Gasteiger partial charge in [-0.2, -0.15) is 0 Å². The summed E-state index contributed by atoms with van der Waals surface area (Å²) >= 11 is 7.75. The van der Waals surface area contributed by atoms with Crippen LogP contribution in [0.5, 0.6) is 11.5 Å². The molecule has 110 valence electrons. The van der Waals surface area contributed by atoms with Crippen LogP contribution in [0.25, 0.3) is 0 Å². The van der Waals surface area contributed by atoms with E-state index in [0.29, 0.717) is 22.2 Å². The standard InChI is InChI=1S/C14H18ClNO3S/c1-18-11-8-10(12(19-2)7-9(11)15)16-14(17)13-5-3-4-6-20-13/h7-8,13H,3-6H2,1-2H3,(H,16,17). The highest BCUT2D eigenvalue weighted by Crippen LogP contribution is 2.36. The molecular formula is C14H18ClNO3S. The van der Waals surface area contributed by atoms with Gasteiger partial charge in [0.1, 0.15) is 11.5 Å². The topological polar surface area (TPSA) is 47.6 Å². The second kappa shape index (κ2) is 7.09. The molecule has 1 unspecified atom stereocenters. The highest BCUT2D eigenvalue weighted by molar-refractivity contribution is 8.00. The Labute approximate surface area is 128 Å². The lowest BCUT2D eigenvalue weighted by Gasteiger charge is -2.21. The number of hydrogen-bond acceptors (Lipinski definition) is 4. The molecule has 6 heteroatoms. The van der Waals surface area contributed by atoms with Crippen molar-refractivity contribution in [2.75, 3.05) is 25.3 Å². The number of anilines is 1. The molecule has 1 aromatic carbocycles. The zero-order valence-electron chi connectivity index (χ0n) is 11.6. The Hall–Kier alpha value is -1.07. The van der Waals surface area contributed by atoms with Gasteiger partial charge >= 0.3 is 0 Å². The van der Waals surface area contributed by atoms with E-state index >= 15 is 0 Å². The van der Waals surface area contributed by atoms with Crippen LogP contribution in [-0.2, 0) is 4.79 Å². The summed E-state index contributed by atoms with van der Waals surface area (Å²) in [4.78, 5) is 12.3. The van der Waals surface area contributed by atoms with E-state index in [-0.39, 0.29) is 11.2 Å². The molecular weight excluding hydrogens is 298 g/mol.